The molecule has 3 rings (SSSR count). The van der Waals surface area contributed by atoms with Crippen LogP contribution in [-0.4, -0.2) is 26.7 Å². The lowest BCUT2D eigenvalue weighted by atomic mass is 10.1. The first-order valence-corrected chi connectivity index (χ1v) is 9.56. The highest BCUT2D eigenvalue weighted by Crippen LogP contribution is 2.24. The summed E-state index contributed by atoms with van der Waals surface area (Å²) in [5.74, 6) is -1.95. The highest BCUT2D eigenvalue weighted by molar-refractivity contribution is 5.96. The molecule has 6 nitrogen and oxygen atoms in total. The molecule has 0 saturated heterocycles. The van der Waals surface area contributed by atoms with Gasteiger partial charge in [-0.1, -0.05) is 19.9 Å². The second-order valence-corrected chi connectivity index (χ2v) is 6.94. The fourth-order valence-electron chi connectivity index (χ4n) is 3.38. The Balaban J connectivity index is 2.01. The fraction of sp³-hybridized carbons (Fsp3) is 0.333. The van der Waals surface area contributed by atoms with E-state index in [-0.39, 0.29) is 12.2 Å². The molecule has 3 N–H and O–H groups in total. The van der Waals surface area contributed by atoms with E-state index in [2.05, 4.69) is 24.1 Å². The first kappa shape index (κ1) is 20.9. The van der Waals surface area contributed by atoms with Crippen LogP contribution in [0.5, 0.6) is 0 Å². The number of hydroxylamine groups is 1. The summed E-state index contributed by atoms with van der Waals surface area (Å²) in [4.78, 5) is 15.9. The summed E-state index contributed by atoms with van der Waals surface area (Å²) in [6, 6.07) is 5.45. The molecule has 0 radical (unpaired) electrons. The second-order valence-electron chi connectivity index (χ2n) is 6.94. The van der Waals surface area contributed by atoms with E-state index in [1.165, 1.54) is 18.3 Å². The molecule has 1 aromatic carbocycles. The number of aromatic nitrogens is 2. The van der Waals surface area contributed by atoms with Crippen LogP contribution >= 0.6 is 0 Å². The predicted molar refractivity (Wildman–Crippen MR) is 106 cm³/mol. The molecule has 0 unspecified atom stereocenters. The number of hydrogen-bond acceptors (Lipinski definition) is 4. The van der Waals surface area contributed by atoms with Gasteiger partial charge in [0.25, 0.3) is 5.91 Å². The number of nitrogens with one attached hydrogen (secondary N) is 2. The summed E-state index contributed by atoms with van der Waals surface area (Å²) in [5.41, 5.74) is 3.64. The third-order valence-corrected chi connectivity index (χ3v) is 5.11. The number of amides is 1. The van der Waals surface area contributed by atoms with Crippen molar-refractivity contribution in [3.63, 3.8) is 0 Å². The maximum absolute atomic E-state index is 14.1. The van der Waals surface area contributed by atoms with Gasteiger partial charge in [0.1, 0.15) is 17.3 Å². The van der Waals surface area contributed by atoms with Crippen LogP contribution in [0.25, 0.3) is 10.9 Å². The van der Waals surface area contributed by atoms with E-state index in [0.717, 1.165) is 29.9 Å². The van der Waals surface area contributed by atoms with E-state index in [4.69, 9.17) is 5.21 Å². The van der Waals surface area contributed by atoms with Gasteiger partial charge in [0, 0.05) is 35.8 Å². The Bertz CT molecular complexity index is 1020. The number of carbonyl (C=O) groups is 1. The van der Waals surface area contributed by atoms with E-state index >= 15 is 0 Å². The van der Waals surface area contributed by atoms with Crippen molar-refractivity contribution >= 4 is 16.8 Å². The Labute approximate surface area is 167 Å². The lowest BCUT2D eigenvalue weighted by molar-refractivity contribution is 0.0701. The lowest BCUT2D eigenvalue weighted by Crippen LogP contribution is -2.26. The minimum absolute atomic E-state index is 0.0782. The van der Waals surface area contributed by atoms with Gasteiger partial charge in [-0.25, -0.2) is 19.2 Å². The number of pyridine rings is 1. The Morgan fingerprint density at radius 3 is 2.62 bits per heavy atom. The van der Waals surface area contributed by atoms with Gasteiger partial charge in [0.05, 0.1) is 18.3 Å². The first-order valence-electron chi connectivity index (χ1n) is 9.56. The van der Waals surface area contributed by atoms with Crippen LogP contribution < -0.4 is 10.8 Å². The number of rotatable bonds is 8. The Hall–Kier alpha value is -2.84. The summed E-state index contributed by atoms with van der Waals surface area (Å²) in [6.45, 7) is 4.97. The van der Waals surface area contributed by atoms with Crippen molar-refractivity contribution in [2.24, 2.45) is 0 Å². The first-order chi connectivity index (χ1) is 14.0. The summed E-state index contributed by atoms with van der Waals surface area (Å²) in [6.07, 6.45) is 5.36. The molecule has 29 heavy (non-hydrogen) atoms. The van der Waals surface area contributed by atoms with Gasteiger partial charge in [0.15, 0.2) is 0 Å². The van der Waals surface area contributed by atoms with Gasteiger partial charge < -0.3 is 9.88 Å². The smallest absolute Gasteiger partial charge is 0.293 e. The van der Waals surface area contributed by atoms with Gasteiger partial charge in [-0.15, -0.1) is 0 Å². The zero-order valence-electron chi connectivity index (χ0n) is 16.4. The largest absolute Gasteiger partial charge is 0.341 e. The molecule has 2 heterocycles. The quantitative estimate of drug-likeness (QED) is 0.396. The van der Waals surface area contributed by atoms with Gasteiger partial charge >= 0.3 is 0 Å². The topological polar surface area (TPSA) is 79.2 Å². The van der Waals surface area contributed by atoms with Crippen molar-refractivity contribution in [3.05, 3.63) is 65.1 Å². The Kier molecular flexibility index (Phi) is 6.56. The highest BCUT2D eigenvalue weighted by atomic mass is 19.1. The molecular formula is C21H24F2N4O2. The van der Waals surface area contributed by atoms with Crippen molar-refractivity contribution < 1.29 is 18.8 Å². The molecule has 0 aliphatic heterocycles. The average Bonchev–Trinajstić information content (AvgIpc) is 3.07. The van der Waals surface area contributed by atoms with Gasteiger partial charge in [-0.2, -0.15) is 0 Å². The Morgan fingerprint density at radius 2 is 1.97 bits per heavy atom. The number of benzene rings is 1. The third-order valence-electron chi connectivity index (χ3n) is 5.11. The number of fused-ring (bicyclic) bond motifs is 1. The number of hydrogen-bond donors (Lipinski definition) is 3. The maximum Gasteiger partial charge on any atom is 0.293 e. The molecule has 0 aliphatic carbocycles. The SMILES string of the molecule is CCC(CC)NCc1cn(Cc2ccc(F)cc2F)c2cnc(C(=O)NO)cc12. The van der Waals surface area contributed by atoms with E-state index in [1.54, 1.807) is 11.5 Å². The molecule has 8 heteroatoms. The van der Waals surface area contributed by atoms with Crippen LogP contribution in [0.3, 0.4) is 0 Å². The van der Waals surface area contributed by atoms with Crippen molar-refractivity contribution in [2.45, 2.75) is 45.8 Å². The summed E-state index contributed by atoms with van der Waals surface area (Å²) < 4.78 is 29.2. The van der Waals surface area contributed by atoms with E-state index in [1.807, 2.05) is 10.8 Å². The van der Waals surface area contributed by atoms with Gasteiger partial charge in [-0.3, -0.25) is 10.0 Å². The van der Waals surface area contributed by atoms with Crippen LogP contribution in [-0.2, 0) is 13.1 Å². The zero-order valence-corrected chi connectivity index (χ0v) is 16.4. The van der Waals surface area contributed by atoms with Crippen molar-refractivity contribution in [1.29, 1.82) is 0 Å². The molecule has 0 fully saturated rings. The molecule has 0 bridgehead atoms. The summed E-state index contributed by atoms with van der Waals surface area (Å²) in [7, 11) is 0. The zero-order chi connectivity index (χ0) is 21.0. The van der Waals surface area contributed by atoms with Crippen LogP contribution in [0.15, 0.2) is 36.7 Å². The van der Waals surface area contributed by atoms with Gasteiger partial charge in [0.2, 0.25) is 0 Å². The molecule has 0 spiro atoms. The summed E-state index contributed by atoms with van der Waals surface area (Å²) >= 11 is 0. The molecule has 1 amide bonds. The normalized spacial score (nSPS) is 11.4. The van der Waals surface area contributed by atoms with E-state index in [0.29, 0.717) is 23.7 Å². The Morgan fingerprint density at radius 1 is 1.21 bits per heavy atom. The molecule has 154 valence electrons. The van der Waals surface area contributed by atoms with Crippen molar-refractivity contribution in [1.82, 2.24) is 20.3 Å². The minimum atomic E-state index is -0.705. The molecule has 0 saturated carbocycles. The number of halogens is 2. The monoisotopic (exact) mass is 402 g/mol. The predicted octanol–water partition coefficient (Wildman–Crippen LogP) is 3.76. The number of nitrogens with zero attached hydrogens (tertiary/aromatic N) is 2. The van der Waals surface area contributed by atoms with Crippen LogP contribution in [0.2, 0.25) is 0 Å². The fourth-order valence-corrected chi connectivity index (χ4v) is 3.38. The maximum atomic E-state index is 14.1. The highest BCUT2D eigenvalue weighted by Gasteiger charge is 2.15. The van der Waals surface area contributed by atoms with E-state index < -0.39 is 17.5 Å². The third kappa shape index (κ3) is 4.60. The lowest BCUT2D eigenvalue weighted by Gasteiger charge is -2.14. The molecule has 0 atom stereocenters. The molecule has 0 aliphatic rings. The van der Waals surface area contributed by atoms with Crippen molar-refractivity contribution in [2.75, 3.05) is 0 Å². The van der Waals surface area contributed by atoms with E-state index in [9.17, 15) is 13.6 Å². The van der Waals surface area contributed by atoms with Crippen LogP contribution in [0.4, 0.5) is 8.78 Å². The standard InChI is InChI=1S/C21H24F2N4O2/c1-3-16(4-2)24-9-14-12-27(11-13-5-6-15(22)7-18(13)23)20-10-25-19(8-17(14)20)21(28)26-29/h5-8,10,12,16,24,29H,3-4,9,11H2,1-2H3,(H,26,28). The van der Waals surface area contributed by atoms with Gasteiger partial charge in [-0.05, 0) is 30.5 Å². The van der Waals surface area contributed by atoms with Crippen molar-refractivity contribution in [3.8, 4) is 0 Å². The minimum Gasteiger partial charge on any atom is -0.341 e. The average molecular weight is 402 g/mol. The van der Waals surface area contributed by atoms with Crippen LogP contribution in [0.1, 0.15) is 48.3 Å². The summed E-state index contributed by atoms with van der Waals surface area (Å²) in [5, 5.41) is 13.1. The number of carbonyl (C=O) groups excluding carboxylic acids is 1. The van der Waals surface area contributed by atoms with Crippen LogP contribution in [0, 0.1) is 11.6 Å². The second kappa shape index (κ2) is 9.11. The molecular weight excluding hydrogens is 378 g/mol. The molecule has 3 aromatic rings. The molecule has 2 aromatic heterocycles.